The molecular formula is C7H8NO3+. The molecule has 1 heterocycles. The van der Waals surface area contributed by atoms with Crippen molar-refractivity contribution in [2.24, 2.45) is 7.05 Å². The maximum Gasteiger partial charge on any atom is 0.341 e. The number of rotatable bonds is 1. The van der Waals surface area contributed by atoms with E-state index in [2.05, 4.69) is 0 Å². The van der Waals surface area contributed by atoms with Crippen molar-refractivity contribution >= 4 is 5.97 Å². The molecule has 0 radical (unpaired) electrons. The zero-order chi connectivity index (χ0) is 8.43. The van der Waals surface area contributed by atoms with E-state index in [9.17, 15) is 4.79 Å². The fourth-order valence-corrected chi connectivity index (χ4v) is 0.816. The molecule has 0 unspecified atom stereocenters. The van der Waals surface area contributed by atoms with Crippen molar-refractivity contribution in [3.05, 3.63) is 24.0 Å². The lowest BCUT2D eigenvalue weighted by Crippen LogP contribution is -2.27. The molecule has 0 saturated carbocycles. The van der Waals surface area contributed by atoms with Crippen LogP contribution in [0.15, 0.2) is 18.5 Å². The van der Waals surface area contributed by atoms with Crippen LogP contribution in [-0.2, 0) is 7.05 Å². The van der Waals surface area contributed by atoms with Crippen molar-refractivity contribution in [3.63, 3.8) is 0 Å². The van der Waals surface area contributed by atoms with Crippen LogP contribution in [0.4, 0.5) is 0 Å². The Morgan fingerprint density at radius 3 is 2.64 bits per heavy atom. The SMILES string of the molecule is C[n+]1cc(O)cc(C(=O)O)c1. The average molecular weight is 154 g/mol. The van der Waals surface area contributed by atoms with E-state index in [1.54, 1.807) is 7.05 Å². The molecule has 0 aromatic carbocycles. The number of pyridine rings is 1. The minimum atomic E-state index is -1.04. The Kier molecular flexibility index (Phi) is 1.76. The largest absolute Gasteiger partial charge is 0.503 e. The summed E-state index contributed by atoms with van der Waals surface area (Å²) in [5, 5.41) is 17.5. The van der Waals surface area contributed by atoms with Gasteiger partial charge in [0, 0.05) is 6.07 Å². The van der Waals surface area contributed by atoms with Crippen molar-refractivity contribution in [2.75, 3.05) is 0 Å². The van der Waals surface area contributed by atoms with Gasteiger partial charge in [0.15, 0.2) is 11.9 Å². The summed E-state index contributed by atoms with van der Waals surface area (Å²) in [5.41, 5.74) is 0.0764. The van der Waals surface area contributed by atoms with Crippen LogP contribution in [0, 0.1) is 0 Å². The second-order valence-electron chi connectivity index (χ2n) is 2.25. The molecule has 4 heteroatoms. The monoisotopic (exact) mass is 154 g/mol. The van der Waals surface area contributed by atoms with Gasteiger partial charge >= 0.3 is 5.97 Å². The Labute approximate surface area is 63.3 Å². The number of aryl methyl sites for hydroxylation is 1. The first-order valence-electron chi connectivity index (χ1n) is 3.02. The lowest BCUT2D eigenvalue weighted by Gasteiger charge is -1.92. The van der Waals surface area contributed by atoms with Gasteiger partial charge < -0.3 is 10.2 Å². The van der Waals surface area contributed by atoms with E-state index in [1.807, 2.05) is 0 Å². The second-order valence-corrected chi connectivity index (χ2v) is 2.25. The second kappa shape index (κ2) is 2.57. The number of aromatic hydroxyl groups is 1. The Bertz CT molecular complexity index is 275. The van der Waals surface area contributed by atoms with Gasteiger partial charge in [-0.25, -0.2) is 9.36 Å². The molecule has 0 fully saturated rings. The smallest absolute Gasteiger partial charge is 0.341 e. The molecule has 58 valence electrons. The van der Waals surface area contributed by atoms with Crippen LogP contribution in [0.1, 0.15) is 10.4 Å². The first kappa shape index (κ1) is 7.53. The molecule has 1 rings (SSSR count). The molecular weight excluding hydrogens is 146 g/mol. The van der Waals surface area contributed by atoms with E-state index in [1.165, 1.54) is 23.0 Å². The first-order chi connectivity index (χ1) is 5.09. The quantitative estimate of drug-likeness (QED) is 0.556. The third kappa shape index (κ3) is 1.67. The normalized spacial score (nSPS) is 9.55. The molecule has 11 heavy (non-hydrogen) atoms. The van der Waals surface area contributed by atoms with Crippen LogP contribution in [-0.4, -0.2) is 16.2 Å². The van der Waals surface area contributed by atoms with Gasteiger partial charge in [0.2, 0.25) is 6.20 Å². The highest BCUT2D eigenvalue weighted by Gasteiger charge is 2.08. The number of hydrogen-bond donors (Lipinski definition) is 2. The van der Waals surface area contributed by atoms with E-state index >= 15 is 0 Å². The lowest BCUT2D eigenvalue weighted by molar-refractivity contribution is -0.672. The fraction of sp³-hybridized carbons (Fsp3) is 0.143. The maximum atomic E-state index is 10.4. The summed E-state index contributed by atoms with van der Waals surface area (Å²) in [6, 6.07) is 1.20. The third-order valence-electron chi connectivity index (χ3n) is 1.23. The van der Waals surface area contributed by atoms with Gasteiger partial charge in [-0.1, -0.05) is 0 Å². The van der Waals surface area contributed by atoms with Crippen molar-refractivity contribution in [1.29, 1.82) is 0 Å². The lowest BCUT2D eigenvalue weighted by atomic mass is 10.3. The highest BCUT2D eigenvalue weighted by molar-refractivity contribution is 5.87. The molecule has 0 amide bonds. The van der Waals surface area contributed by atoms with Gasteiger partial charge in [-0.3, -0.25) is 0 Å². The summed E-state index contributed by atoms with van der Waals surface area (Å²) in [7, 11) is 1.64. The minimum absolute atomic E-state index is 0.0487. The molecule has 0 aliphatic heterocycles. The molecule has 2 N–H and O–H groups in total. The summed E-state index contributed by atoms with van der Waals surface area (Å²) in [6.45, 7) is 0. The maximum absolute atomic E-state index is 10.4. The summed E-state index contributed by atoms with van der Waals surface area (Å²) in [5.74, 6) is -1.09. The summed E-state index contributed by atoms with van der Waals surface area (Å²) >= 11 is 0. The number of hydrogen-bond acceptors (Lipinski definition) is 2. The molecule has 0 aliphatic rings. The summed E-state index contributed by atoms with van der Waals surface area (Å²) < 4.78 is 1.48. The first-order valence-corrected chi connectivity index (χ1v) is 3.02. The van der Waals surface area contributed by atoms with Crippen LogP contribution < -0.4 is 4.57 Å². The van der Waals surface area contributed by atoms with Gasteiger partial charge in [0.25, 0.3) is 0 Å². The standard InChI is InChI=1S/C7H7NO3/c1-8-3-5(7(10)11)2-6(9)4-8/h2-4H,1H3,(H-,9,10,11)/p+1. The number of aromatic carboxylic acids is 1. The van der Waals surface area contributed by atoms with Crippen LogP contribution in [0.5, 0.6) is 5.75 Å². The Balaban J connectivity index is 3.19. The molecule has 0 atom stereocenters. The highest BCUT2D eigenvalue weighted by atomic mass is 16.4. The van der Waals surface area contributed by atoms with E-state index in [0.29, 0.717) is 0 Å². The number of nitrogens with zero attached hydrogens (tertiary/aromatic N) is 1. The number of carbonyl (C=O) groups is 1. The van der Waals surface area contributed by atoms with Gasteiger partial charge in [-0.2, -0.15) is 0 Å². The minimum Gasteiger partial charge on any atom is -0.503 e. The summed E-state index contributed by atoms with van der Waals surface area (Å²) in [4.78, 5) is 10.4. The number of carboxylic acids is 1. The predicted octanol–water partition coefficient (Wildman–Crippen LogP) is -0.0851. The Hall–Kier alpha value is -1.58. The van der Waals surface area contributed by atoms with E-state index in [0.717, 1.165) is 0 Å². The van der Waals surface area contributed by atoms with Crippen molar-refractivity contribution in [1.82, 2.24) is 0 Å². The van der Waals surface area contributed by atoms with E-state index < -0.39 is 5.97 Å². The van der Waals surface area contributed by atoms with Crippen LogP contribution >= 0.6 is 0 Å². The van der Waals surface area contributed by atoms with Crippen LogP contribution in [0.25, 0.3) is 0 Å². The number of carboxylic acid groups (broad SMARTS) is 1. The van der Waals surface area contributed by atoms with Crippen LogP contribution in [0.2, 0.25) is 0 Å². The molecule has 0 spiro atoms. The highest BCUT2D eigenvalue weighted by Crippen LogP contribution is 2.06. The predicted molar refractivity (Wildman–Crippen MR) is 36.2 cm³/mol. The Morgan fingerprint density at radius 2 is 2.18 bits per heavy atom. The zero-order valence-corrected chi connectivity index (χ0v) is 5.98. The van der Waals surface area contributed by atoms with E-state index in [-0.39, 0.29) is 11.3 Å². The average Bonchev–Trinajstić information content (AvgIpc) is 1.85. The summed E-state index contributed by atoms with van der Waals surface area (Å²) in [6.07, 6.45) is 2.84. The molecule has 0 aliphatic carbocycles. The molecule has 1 aromatic rings. The molecule has 0 bridgehead atoms. The van der Waals surface area contributed by atoms with Crippen LogP contribution in [0.3, 0.4) is 0 Å². The van der Waals surface area contributed by atoms with Gasteiger partial charge in [0.1, 0.15) is 12.6 Å². The van der Waals surface area contributed by atoms with Gasteiger partial charge in [-0.15, -0.1) is 0 Å². The van der Waals surface area contributed by atoms with Gasteiger partial charge in [-0.05, 0) is 0 Å². The van der Waals surface area contributed by atoms with Crippen molar-refractivity contribution < 1.29 is 19.6 Å². The topological polar surface area (TPSA) is 61.4 Å². The Morgan fingerprint density at radius 1 is 1.55 bits per heavy atom. The van der Waals surface area contributed by atoms with Crippen molar-refractivity contribution in [3.8, 4) is 5.75 Å². The third-order valence-corrected chi connectivity index (χ3v) is 1.23. The van der Waals surface area contributed by atoms with Gasteiger partial charge in [0.05, 0.1) is 0 Å². The number of aromatic nitrogens is 1. The molecule has 0 saturated heterocycles. The van der Waals surface area contributed by atoms with Crippen molar-refractivity contribution in [2.45, 2.75) is 0 Å². The molecule has 1 aromatic heterocycles. The fourth-order valence-electron chi connectivity index (χ4n) is 0.816. The zero-order valence-electron chi connectivity index (χ0n) is 5.98. The van der Waals surface area contributed by atoms with E-state index in [4.69, 9.17) is 10.2 Å². The molecule has 4 nitrogen and oxygen atoms in total.